The van der Waals surface area contributed by atoms with Crippen LogP contribution in [0.2, 0.25) is 0 Å². The van der Waals surface area contributed by atoms with Crippen LogP contribution in [0.25, 0.3) is 0 Å². The second-order valence-electron chi connectivity index (χ2n) is 4.00. The number of carboxylic acids is 1. The molecule has 2 amide bonds. The summed E-state index contributed by atoms with van der Waals surface area (Å²) in [7, 11) is 1.44. The van der Waals surface area contributed by atoms with Gasteiger partial charge in [-0.15, -0.1) is 11.3 Å². The molecule has 0 aliphatic rings. The van der Waals surface area contributed by atoms with Gasteiger partial charge >= 0.3 is 12.0 Å². The second-order valence-corrected chi connectivity index (χ2v) is 4.72. The number of carbonyl (C=O) groups excluding carboxylic acids is 1. The lowest BCUT2D eigenvalue weighted by molar-refractivity contribution is 0.0697. The van der Waals surface area contributed by atoms with E-state index in [1.165, 1.54) is 30.6 Å². The number of hydrogen-bond donors (Lipinski definition) is 3. The number of urea groups is 1. The fraction of sp³-hybridized carbons (Fsp3) is 0.154. The van der Waals surface area contributed by atoms with Crippen LogP contribution < -0.4 is 15.4 Å². The van der Waals surface area contributed by atoms with Crippen LogP contribution in [0.1, 0.15) is 16.1 Å². The number of rotatable bonds is 5. The molecule has 0 saturated heterocycles. The molecule has 2 rings (SSSR count). The Morgan fingerprint density at radius 1 is 1.43 bits per heavy atom. The van der Waals surface area contributed by atoms with Crippen molar-refractivity contribution in [2.24, 2.45) is 0 Å². The Bertz CT molecular complexity index is 643. The maximum atomic E-state index is 11.8. The summed E-state index contributed by atoms with van der Waals surface area (Å²) in [4.78, 5) is 27.0. The first kappa shape index (κ1) is 14.8. The summed E-state index contributed by atoms with van der Waals surface area (Å²) in [5, 5.41) is 16.1. The highest BCUT2D eigenvalue weighted by molar-refractivity contribution is 7.07. The third kappa shape index (κ3) is 3.93. The number of carboxylic acid groups (broad SMARTS) is 1. The molecule has 0 saturated carbocycles. The summed E-state index contributed by atoms with van der Waals surface area (Å²) in [5.74, 6) is -0.746. The van der Waals surface area contributed by atoms with Gasteiger partial charge in [-0.25, -0.2) is 14.6 Å². The smallest absolute Gasteiger partial charge is 0.337 e. The molecule has 0 bridgehead atoms. The van der Waals surface area contributed by atoms with Crippen molar-refractivity contribution in [3.8, 4) is 5.75 Å². The molecule has 2 aromatic rings. The molecule has 1 aromatic heterocycles. The van der Waals surface area contributed by atoms with Crippen molar-refractivity contribution in [1.82, 2.24) is 10.3 Å². The Morgan fingerprint density at radius 3 is 2.86 bits per heavy atom. The van der Waals surface area contributed by atoms with Gasteiger partial charge in [0.15, 0.2) is 0 Å². The number of ether oxygens (including phenoxy) is 1. The Morgan fingerprint density at radius 2 is 2.24 bits per heavy atom. The molecule has 0 fully saturated rings. The average molecular weight is 307 g/mol. The highest BCUT2D eigenvalue weighted by Crippen LogP contribution is 2.22. The maximum absolute atomic E-state index is 11.8. The first-order valence-electron chi connectivity index (χ1n) is 5.93. The monoisotopic (exact) mass is 307 g/mol. The Kier molecular flexibility index (Phi) is 4.72. The van der Waals surface area contributed by atoms with Crippen LogP contribution in [0.4, 0.5) is 10.5 Å². The minimum Gasteiger partial charge on any atom is -0.497 e. The lowest BCUT2D eigenvalue weighted by atomic mass is 10.1. The number of methoxy groups -OCH3 is 1. The maximum Gasteiger partial charge on any atom is 0.337 e. The van der Waals surface area contributed by atoms with Crippen LogP contribution in [0, 0.1) is 0 Å². The fourth-order valence-corrected chi connectivity index (χ4v) is 2.16. The number of hydrogen-bond acceptors (Lipinski definition) is 5. The molecule has 0 aliphatic heterocycles. The molecule has 3 N–H and O–H groups in total. The van der Waals surface area contributed by atoms with E-state index in [-0.39, 0.29) is 17.8 Å². The summed E-state index contributed by atoms with van der Waals surface area (Å²) in [6, 6.07) is 3.89. The van der Waals surface area contributed by atoms with E-state index in [9.17, 15) is 9.59 Å². The van der Waals surface area contributed by atoms with Crippen LogP contribution in [0.3, 0.4) is 0 Å². The molecule has 110 valence electrons. The van der Waals surface area contributed by atoms with Gasteiger partial charge in [0.2, 0.25) is 0 Å². The van der Waals surface area contributed by atoms with E-state index in [0.29, 0.717) is 5.75 Å². The van der Waals surface area contributed by atoms with E-state index in [0.717, 1.165) is 5.69 Å². The normalized spacial score (nSPS) is 9.95. The van der Waals surface area contributed by atoms with Crippen molar-refractivity contribution < 1.29 is 19.4 Å². The van der Waals surface area contributed by atoms with Gasteiger partial charge in [0.05, 0.1) is 36.1 Å². The minimum atomic E-state index is -1.15. The number of benzene rings is 1. The van der Waals surface area contributed by atoms with Gasteiger partial charge < -0.3 is 20.5 Å². The molecule has 1 aromatic carbocycles. The summed E-state index contributed by atoms with van der Waals surface area (Å²) in [5.41, 5.74) is 2.56. The lowest BCUT2D eigenvalue weighted by Gasteiger charge is -2.10. The number of amides is 2. The number of thiazole rings is 1. The van der Waals surface area contributed by atoms with Crippen molar-refractivity contribution in [1.29, 1.82) is 0 Å². The summed E-state index contributed by atoms with van der Waals surface area (Å²) < 4.78 is 4.96. The van der Waals surface area contributed by atoms with Crippen molar-refractivity contribution in [3.63, 3.8) is 0 Å². The molecule has 1 heterocycles. The predicted molar refractivity (Wildman–Crippen MR) is 77.9 cm³/mol. The van der Waals surface area contributed by atoms with Gasteiger partial charge in [0, 0.05) is 5.38 Å². The second kappa shape index (κ2) is 6.71. The molecular weight excluding hydrogens is 294 g/mol. The van der Waals surface area contributed by atoms with Crippen molar-refractivity contribution in [3.05, 3.63) is 40.3 Å². The van der Waals surface area contributed by atoms with Gasteiger partial charge in [-0.1, -0.05) is 0 Å². The topological polar surface area (TPSA) is 101 Å². The first-order chi connectivity index (χ1) is 10.1. The molecule has 0 unspecified atom stereocenters. The Labute approximate surface area is 124 Å². The van der Waals surface area contributed by atoms with Crippen LogP contribution >= 0.6 is 11.3 Å². The number of aromatic carboxylic acids is 1. The lowest BCUT2D eigenvalue weighted by Crippen LogP contribution is -2.29. The average Bonchev–Trinajstić information content (AvgIpc) is 2.98. The molecule has 0 aliphatic carbocycles. The number of nitrogens with one attached hydrogen (secondary N) is 2. The third-order valence-electron chi connectivity index (χ3n) is 2.62. The van der Waals surface area contributed by atoms with Gasteiger partial charge in [-0.2, -0.15) is 0 Å². The van der Waals surface area contributed by atoms with Crippen molar-refractivity contribution in [2.45, 2.75) is 6.54 Å². The van der Waals surface area contributed by atoms with E-state index in [2.05, 4.69) is 15.6 Å². The zero-order valence-corrected chi connectivity index (χ0v) is 11.9. The van der Waals surface area contributed by atoms with Crippen LogP contribution in [0.15, 0.2) is 29.1 Å². The highest BCUT2D eigenvalue weighted by Gasteiger charge is 2.13. The fourth-order valence-electron chi connectivity index (χ4n) is 1.60. The van der Waals surface area contributed by atoms with Gasteiger partial charge in [-0.05, 0) is 18.2 Å². The van der Waals surface area contributed by atoms with E-state index < -0.39 is 12.0 Å². The highest BCUT2D eigenvalue weighted by atomic mass is 32.1. The molecule has 21 heavy (non-hydrogen) atoms. The molecule has 0 radical (unpaired) electrons. The molecule has 0 atom stereocenters. The predicted octanol–water partition coefficient (Wildman–Crippen LogP) is 2.17. The zero-order chi connectivity index (χ0) is 15.2. The Balaban J connectivity index is 2.04. The first-order valence-corrected chi connectivity index (χ1v) is 6.87. The van der Waals surface area contributed by atoms with Crippen LogP contribution in [-0.2, 0) is 6.54 Å². The standard InChI is InChI=1S/C13H13N3O4S/c1-20-9-2-3-11(10(4-9)12(17)18)16-13(19)14-5-8-6-21-7-15-8/h2-4,6-7H,5H2,1H3,(H,17,18)(H2,14,16,19). The van der Waals surface area contributed by atoms with Crippen molar-refractivity contribution in [2.75, 3.05) is 12.4 Å². The van der Waals surface area contributed by atoms with Crippen molar-refractivity contribution >= 4 is 29.0 Å². The van der Waals surface area contributed by atoms with Gasteiger partial charge in [0.25, 0.3) is 0 Å². The molecular formula is C13H13N3O4S. The molecule has 7 nitrogen and oxygen atoms in total. The number of carbonyl (C=O) groups is 2. The summed E-state index contributed by atoms with van der Waals surface area (Å²) >= 11 is 1.43. The van der Waals surface area contributed by atoms with E-state index in [4.69, 9.17) is 9.84 Å². The zero-order valence-electron chi connectivity index (χ0n) is 11.1. The summed E-state index contributed by atoms with van der Waals surface area (Å²) in [6.07, 6.45) is 0. The molecule has 0 spiro atoms. The third-order valence-corrected chi connectivity index (χ3v) is 3.25. The SMILES string of the molecule is COc1ccc(NC(=O)NCc2cscn2)c(C(=O)O)c1. The largest absolute Gasteiger partial charge is 0.497 e. The van der Waals surface area contributed by atoms with E-state index in [1.807, 2.05) is 5.38 Å². The number of anilines is 1. The van der Waals surface area contributed by atoms with Gasteiger partial charge in [-0.3, -0.25) is 0 Å². The minimum absolute atomic E-state index is 0.0434. The van der Waals surface area contributed by atoms with E-state index >= 15 is 0 Å². The van der Waals surface area contributed by atoms with Crippen LogP contribution in [-0.4, -0.2) is 29.2 Å². The number of aromatic nitrogens is 1. The Hall–Kier alpha value is -2.61. The summed E-state index contributed by atoms with van der Waals surface area (Å²) in [6.45, 7) is 0.272. The van der Waals surface area contributed by atoms with Crippen LogP contribution in [0.5, 0.6) is 5.75 Å². The van der Waals surface area contributed by atoms with E-state index in [1.54, 1.807) is 11.6 Å². The quantitative estimate of drug-likeness (QED) is 0.786. The number of nitrogens with zero attached hydrogens (tertiary/aromatic N) is 1. The molecule has 8 heteroatoms. The van der Waals surface area contributed by atoms with Gasteiger partial charge in [0.1, 0.15) is 5.75 Å².